The molecule has 2 aromatic heterocycles. The first-order valence-electron chi connectivity index (χ1n) is 12.4. The first-order chi connectivity index (χ1) is 17.6. The van der Waals surface area contributed by atoms with Crippen molar-refractivity contribution in [2.24, 2.45) is 0 Å². The Kier molecular flexibility index (Phi) is 5.60. The Morgan fingerprint density at radius 1 is 0.778 bits per heavy atom. The predicted octanol–water partition coefficient (Wildman–Crippen LogP) is 4.91. The molecule has 1 saturated heterocycles. The number of benzene rings is 3. The molecule has 0 atom stereocenters. The Morgan fingerprint density at radius 3 is 2.28 bits per heavy atom. The third-order valence-electron chi connectivity index (χ3n) is 6.90. The van der Waals surface area contributed by atoms with Gasteiger partial charge >= 0.3 is 0 Å². The van der Waals surface area contributed by atoms with Gasteiger partial charge in [0.15, 0.2) is 11.5 Å². The minimum Gasteiger partial charge on any atom is -0.340 e. The molecule has 5 aromatic rings. The van der Waals surface area contributed by atoms with Crippen LogP contribution in [0.2, 0.25) is 0 Å². The van der Waals surface area contributed by atoms with Gasteiger partial charge in [-0.05, 0) is 44.5 Å². The maximum Gasteiger partial charge on any atom is 0.253 e. The smallest absolute Gasteiger partial charge is 0.253 e. The van der Waals surface area contributed by atoms with Crippen LogP contribution >= 0.6 is 0 Å². The molecule has 0 N–H and O–H groups in total. The van der Waals surface area contributed by atoms with Crippen LogP contribution in [0.3, 0.4) is 0 Å². The number of amides is 1. The third-order valence-corrected chi connectivity index (χ3v) is 6.90. The van der Waals surface area contributed by atoms with Gasteiger partial charge in [0.2, 0.25) is 5.95 Å². The van der Waals surface area contributed by atoms with Gasteiger partial charge < -0.3 is 9.80 Å². The number of hydrogen-bond acceptors (Lipinski definition) is 5. The number of anilines is 1. The van der Waals surface area contributed by atoms with E-state index in [-0.39, 0.29) is 5.91 Å². The molecule has 0 unspecified atom stereocenters. The van der Waals surface area contributed by atoms with Gasteiger partial charge in [-0.25, -0.2) is 9.38 Å². The van der Waals surface area contributed by atoms with Crippen molar-refractivity contribution < 1.29 is 4.79 Å². The average Bonchev–Trinajstić information content (AvgIpc) is 3.20. The Bertz CT molecular complexity index is 1560. The van der Waals surface area contributed by atoms with Crippen LogP contribution in [-0.2, 0) is 0 Å². The molecule has 0 spiro atoms. The van der Waals surface area contributed by atoms with E-state index in [0.29, 0.717) is 19.6 Å². The fourth-order valence-electron chi connectivity index (χ4n) is 4.87. The molecule has 1 fully saturated rings. The standard InChI is InChI=1S/C29H28N6O/c1-20-8-12-22(13-9-20)26-31-32-27-24-6-3-4-7-25(24)30-29(35(26)27)34-17-5-16-33(18-19-34)28(36)23-14-10-21(2)11-15-23/h3-4,6-15H,5,16-19H2,1-2H3. The molecule has 3 aromatic carbocycles. The molecule has 36 heavy (non-hydrogen) atoms. The highest BCUT2D eigenvalue weighted by atomic mass is 16.2. The van der Waals surface area contributed by atoms with Crippen molar-refractivity contribution in [2.75, 3.05) is 31.1 Å². The number of carbonyl (C=O) groups excluding carboxylic acids is 1. The van der Waals surface area contributed by atoms with Crippen LogP contribution in [-0.4, -0.2) is 56.6 Å². The maximum absolute atomic E-state index is 13.2. The summed E-state index contributed by atoms with van der Waals surface area (Å²) in [4.78, 5) is 22.5. The van der Waals surface area contributed by atoms with E-state index < -0.39 is 0 Å². The highest BCUT2D eigenvalue weighted by Crippen LogP contribution is 2.29. The SMILES string of the molecule is Cc1ccc(C(=O)N2CCCN(c3nc4ccccc4c4nnc(-c5ccc(C)cc5)n34)CC2)cc1. The zero-order valence-electron chi connectivity index (χ0n) is 20.6. The molecule has 7 heteroatoms. The quantitative estimate of drug-likeness (QED) is 0.370. The zero-order chi connectivity index (χ0) is 24.6. The lowest BCUT2D eigenvalue weighted by Gasteiger charge is -2.24. The molecule has 7 nitrogen and oxygen atoms in total. The lowest BCUT2D eigenvalue weighted by atomic mass is 10.1. The fraction of sp³-hybridized carbons (Fsp3) is 0.241. The van der Waals surface area contributed by atoms with Gasteiger partial charge in [0, 0.05) is 42.7 Å². The molecular formula is C29H28N6O. The van der Waals surface area contributed by atoms with E-state index in [0.717, 1.165) is 58.0 Å². The van der Waals surface area contributed by atoms with Crippen molar-refractivity contribution in [1.29, 1.82) is 0 Å². The fourth-order valence-corrected chi connectivity index (χ4v) is 4.87. The van der Waals surface area contributed by atoms with Crippen LogP contribution in [0.15, 0.2) is 72.8 Å². The molecule has 1 aliphatic rings. The molecule has 6 rings (SSSR count). The normalized spacial score (nSPS) is 14.4. The molecule has 180 valence electrons. The number of hydrogen-bond donors (Lipinski definition) is 0. The molecule has 0 aliphatic carbocycles. The summed E-state index contributed by atoms with van der Waals surface area (Å²) in [7, 11) is 0. The zero-order valence-corrected chi connectivity index (χ0v) is 20.6. The largest absolute Gasteiger partial charge is 0.340 e. The summed E-state index contributed by atoms with van der Waals surface area (Å²) >= 11 is 0. The second kappa shape index (κ2) is 9.07. The third kappa shape index (κ3) is 3.96. The van der Waals surface area contributed by atoms with Crippen molar-refractivity contribution in [3.05, 3.63) is 89.5 Å². The van der Waals surface area contributed by atoms with E-state index >= 15 is 0 Å². The highest BCUT2D eigenvalue weighted by molar-refractivity contribution is 5.95. The van der Waals surface area contributed by atoms with Gasteiger partial charge in [-0.1, -0.05) is 59.7 Å². The minimum absolute atomic E-state index is 0.0816. The molecule has 3 heterocycles. The van der Waals surface area contributed by atoms with Crippen LogP contribution in [0.25, 0.3) is 27.9 Å². The number of aromatic nitrogens is 4. The Morgan fingerprint density at radius 2 is 1.50 bits per heavy atom. The van der Waals surface area contributed by atoms with Crippen molar-refractivity contribution >= 4 is 28.4 Å². The number of aryl methyl sites for hydroxylation is 2. The van der Waals surface area contributed by atoms with Gasteiger partial charge in [0.05, 0.1) is 5.52 Å². The summed E-state index contributed by atoms with van der Waals surface area (Å²) in [5.74, 6) is 1.67. The summed E-state index contributed by atoms with van der Waals surface area (Å²) in [5.41, 5.74) is 5.77. The van der Waals surface area contributed by atoms with E-state index in [2.05, 4.69) is 50.7 Å². The topological polar surface area (TPSA) is 66.6 Å². The number of fused-ring (bicyclic) bond motifs is 3. The number of para-hydroxylation sites is 1. The van der Waals surface area contributed by atoms with Crippen LogP contribution < -0.4 is 4.90 Å². The van der Waals surface area contributed by atoms with Crippen molar-refractivity contribution in [3.63, 3.8) is 0 Å². The van der Waals surface area contributed by atoms with Gasteiger partial charge in [-0.3, -0.25) is 4.79 Å². The summed E-state index contributed by atoms with van der Waals surface area (Å²) in [6, 6.07) is 24.2. The first kappa shape index (κ1) is 22.2. The van der Waals surface area contributed by atoms with Crippen LogP contribution in [0.5, 0.6) is 0 Å². The van der Waals surface area contributed by atoms with Gasteiger partial charge in [-0.2, -0.15) is 0 Å². The summed E-state index contributed by atoms with van der Waals surface area (Å²) < 4.78 is 2.07. The predicted molar refractivity (Wildman–Crippen MR) is 142 cm³/mol. The summed E-state index contributed by atoms with van der Waals surface area (Å²) in [6.07, 6.45) is 0.857. The Labute approximate surface area is 210 Å². The molecular weight excluding hydrogens is 448 g/mol. The molecule has 1 amide bonds. The number of nitrogens with zero attached hydrogens (tertiary/aromatic N) is 6. The van der Waals surface area contributed by atoms with Gasteiger partial charge in [0.1, 0.15) is 0 Å². The van der Waals surface area contributed by atoms with E-state index in [1.54, 1.807) is 0 Å². The van der Waals surface area contributed by atoms with Crippen LogP contribution in [0.1, 0.15) is 27.9 Å². The Balaban J connectivity index is 1.39. The van der Waals surface area contributed by atoms with E-state index in [1.807, 2.05) is 60.4 Å². The maximum atomic E-state index is 13.2. The van der Waals surface area contributed by atoms with E-state index in [1.165, 1.54) is 5.56 Å². The monoisotopic (exact) mass is 476 g/mol. The van der Waals surface area contributed by atoms with E-state index in [9.17, 15) is 4.79 Å². The Hall–Kier alpha value is -4.26. The van der Waals surface area contributed by atoms with Crippen LogP contribution in [0, 0.1) is 13.8 Å². The van der Waals surface area contributed by atoms with Crippen molar-refractivity contribution in [3.8, 4) is 11.4 Å². The second-order valence-electron chi connectivity index (χ2n) is 9.48. The van der Waals surface area contributed by atoms with E-state index in [4.69, 9.17) is 4.98 Å². The number of carbonyl (C=O) groups is 1. The summed E-state index contributed by atoms with van der Waals surface area (Å²) in [5, 5.41) is 10.2. The molecule has 0 radical (unpaired) electrons. The van der Waals surface area contributed by atoms with Gasteiger partial charge in [-0.15, -0.1) is 10.2 Å². The van der Waals surface area contributed by atoms with Crippen molar-refractivity contribution in [2.45, 2.75) is 20.3 Å². The molecule has 0 saturated carbocycles. The lowest BCUT2D eigenvalue weighted by molar-refractivity contribution is 0.0767. The summed E-state index contributed by atoms with van der Waals surface area (Å²) in [6.45, 7) is 6.93. The first-order valence-corrected chi connectivity index (χ1v) is 12.4. The number of rotatable bonds is 3. The average molecular weight is 477 g/mol. The molecule has 0 bridgehead atoms. The minimum atomic E-state index is 0.0816. The second-order valence-corrected chi connectivity index (χ2v) is 9.48. The lowest BCUT2D eigenvalue weighted by Crippen LogP contribution is -2.36. The highest BCUT2D eigenvalue weighted by Gasteiger charge is 2.25. The van der Waals surface area contributed by atoms with Gasteiger partial charge in [0.25, 0.3) is 5.91 Å². The van der Waals surface area contributed by atoms with Crippen LogP contribution in [0.4, 0.5) is 5.95 Å². The molecule has 1 aliphatic heterocycles. The van der Waals surface area contributed by atoms with Crippen molar-refractivity contribution in [1.82, 2.24) is 24.5 Å².